The Bertz CT molecular complexity index is 555. The molecule has 0 saturated heterocycles. The summed E-state index contributed by atoms with van der Waals surface area (Å²) in [6.07, 6.45) is 2.95. The van der Waals surface area contributed by atoms with Gasteiger partial charge in [0.15, 0.2) is 0 Å². The van der Waals surface area contributed by atoms with E-state index in [1.165, 1.54) is 23.8 Å². The highest BCUT2D eigenvalue weighted by Gasteiger charge is 2.25. The van der Waals surface area contributed by atoms with Crippen molar-refractivity contribution < 1.29 is 15.0 Å². The van der Waals surface area contributed by atoms with Crippen LogP contribution in [0.5, 0.6) is 11.5 Å². The van der Waals surface area contributed by atoms with Crippen molar-refractivity contribution in [3.8, 4) is 11.5 Å². The van der Waals surface area contributed by atoms with Crippen LogP contribution in [0.25, 0.3) is 0 Å². The highest BCUT2D eigenvalue weighted by atomic mass is 16.3. The first kappa shape index (κ1) is 14.4. The monoisotopic (exact) mass is 275 g/mol. The average Bonchev–Trinajstić information content (AvgIpc) is 2.37. The topological polar surface area (TPSA) is 60.8 Å². The molecule has 2 N–H and O–H groups in total. The Morgan fingerprint density at radius 1 is 1.25 bits per heavy atom. The van der Waals surface area contributed by atoms with Gasteiger partial charge in [-0.2, -0.15) is 0 Å². The van der Waals surface area contributed by atoms with E-state index >= 15 is 0 Å². The molecule has 0 fully saturated rings. The molecule has 1 aliphatic rings. The van der Waals surface area contributed by atoms with E-state index in [9.17, 15) is 15.0 Å². The largest absolute Gasteiger partial charge is 0.508 e. The summed E-state index contributed by atoms with van der Waals surface area (Å²) >= 11 is 0. The molecule has 1 aliphatic heterocycles. The predicted molar refractivity (Wildman–Crippen MR) is 77.8 cm³/mol. The standard InChI is InChI=1S/C16H21NO3/c1-16(2,3)11-6-8-17(9-7-11)15(20)13-5-4-12(18)10-14(13)19/h4-6,10,18-19H,7-9H2,1-3H3. The number of aromatic hydroxyl groups is 2. The van der Waals surface area contributed by atoms with Crippen molar-refractivity contribution in [1.29, 1.82) is 0 Å². The zero-order valence-electron chi connectivity index (χ0n) is 12.2. The van der Waals surface area contributed by atoms with Gasteiger partial charge >= 0.3 is 0 Å². The summed E-state index contributed by atoms with van der Waals surface area (Å²) in [4.78, 5) is 14.1. The van der Waals surface area contributed by atoms with Crippen molar-refractivity contribution in [2.24, 2.45) is 5.41 Å². The van der Waals surface area contributed by atoms with Crippen LogP contribution < -0.4 is 0 Å². The van der Waals surface area contributed by atoms with Gasteiger partial charge in [0.1, 0.15) is 11.5 Å². The Labute approximate surface area is 119 Å². The molecule has 0 bridgehead atoms. The van der Waals surface area contributed by atoms with Gasteiger partial charge < -0.3 is 15.1 Å². The van der Waals surface area contributed by atoms with Gasteiger partial charge in [-0.1, -0.05) is 32.4 Å². The lowest BCUT2D eigenvalue weighted by molar-refractivity contribution is 0.0762. The minimum absolute atomic E-state index is 0.0485. The van der Waals surface area contributed by atoms with Crippen molar-refractivity contribution in [3.05, 3.63) is 35.4 Å². The number of phenols is 2. The van der Waals surface area contributed by atoms with Crippen molar-refractivity contribution >= 4 is 5.91 Å². The molecule has 4 heteroatoms. The van der Waals surface area contributed by atoms with Gasteiger partial charge in [-0.15, -0.1) is 0 Å². The third kappa shape index (κ3) is 2.95. The maximum Gasteiger partial charge on any atom is 0.257 e. The van der Waals surface area contributed by atoms with Crippen LogP contribution in [-0.2, 0) is 0 Å². The van der Waals surface area contributed by atoms with E-state index in [1.54, 1.807) is 4.90 Å². The molecule has 0 aliphatic carbocycles. The Morgan fingerprint density at radius 2 is 1.95 bits per heavy atom. The third-order valence-electron chi connectivity index (χ3n) is 3.67. The number of nitrogens with zero attached hydrogens (tertiary/aromatic N) is 1. The van der Waals surface area contributed by atoms with Crippen LogP contribution in [0.1, 0.15) is 37.6 Å². The van der Waals surface area contributed by atoms with Crippen LogP contribution in [0.4, 0.5) is 0 Å². The number of carbonyl (C=O) groups excluding carboxylic acids is 1. The fraction of sp³-hybridized carbons (Fsp3) is 0.438. The minimum Gasteiger partial charge on any atom is -0.508 e. The van der Waals surface area contributed by atoms with E-state index in [2.05, 4.69) is 26.8 Å². The lowest BCUT2D eigenvalue weighted by Gasteiger charge is -2.32. The predicted octanol–water partition coefficient (Wildman–Crippen LogP) is 2.92. The molecule has 0 aromatic heterocycles. The molecule has 0 radical (unpaired) electrons. The molecule has 1 heterocycles. The molecule has 4 nitrogen and oxygen atoms in total. The van der Waals surface area contributed by atoms with Crippen LogP contribution in [0.3, 0.4) is 0 Å². The van der Waals surface area contributed by atoms with E-state index in [0.29, 0.717) is 13.1 Å². The summed E-state index contributed by atoms with van der Waals surface area (Å²) in [5, 5.41) is 19.0. The zero-order chi connectivity index (χ0) is 14.9. The molecule has 1 aromatic carbocycles. The number of hydrogen-bond donors (Lipinski definition) is 2. The molecule has 108 valence electrons. The van der Waals surface area contributed by atoms with E-state index < -0.39 is 0 Å². The van der Waals surface area contributed by atoms with Crippen LogP contribution in [0.2, 0.25) is 0 Å². The summed E-state index contributed by atoms with van der Waals surface area (Å²) in [7, 11) is 0. The van der Waals surface area contributed by atoms with Crippen molar-refractivity contribution in [1.82, 2.24) is 4.90 Å². The van der Waals surface area contributed by atoms with Gasteiger partial charge in [-0.05, 0) is 24.0 Å². The molecule has 0 unspecified atom stereocenters. The van der Waals surface area contributed by atoms with Crippen molar-refractivity contribution in [3.63, 3.8) is 0 Å². The Balaban J connectivity index is 2.14. The maximum absolute atomic E-state index is 12.3. The number of hydrogen-bond acceptors (Lipinski definition) is 3. The highest BCUT2D eigenvalue weighted by molar-refractivity contribution is 5.97. The first-order valence-corrected chi connectivity index (χ1v) is 6.80. The van der Waals surface area contributed by atoms with Crippen LogP contribution in [0.15, 0.2) is 29.8 Å². The highest BCUT2D eigenvalue weighted by Crippen LogP contribution is 2.31. The second kappa shape index (κ2) is 5.19. The quantitative estimate of drug-likeness (QED) is 0.775. The molecular formula is C16H21NO3. The number of carbonyl (C=O) groups is 1. The number of benzene rings is 1. The molecule has 2 rings (SSSR count). The van der Waals surface area contributed by atoms with E-state index in [-0.39, 0.29) is 28.4 Å². The van der Waals surface area contributed by atoms with Gasteiger partial charge in [0.2, 0.25) is 0 Å². The van der Waals surface area contributed by atoms with Crippen molar-refractivity contribution in [2.75, 3.05) is 13.1 Å². The summed E-state index contributed by atoms with van der Waals surface area (Å²) in [6.45, 7) is 7.72. The van der Waals surface area contributed by atoms with Crippen molar-refractivity contribution in [2.45, 2.75) is 27.2 Å². The normalized spacial score (nSPS) is 15.9. The number of rotatable bonds is 1. The number of phenolic OH excluding ortho intramolecular Hbond substituents is 2. The first-order chi connectivity index (χ1) is 9.29. The van der Waals surface area contributed by atoms with E-state index in [0.717, 1.165) is 6.42 Å². The number of amides is 1. The van der Waals surface area contributed by atoms with Gasteiger partial charge in [-0.3, -0.25) is 4.79 Å². The Morgan fingerprint density at radius 3 is 2.45 bits per heavy atom. The van der Waals surface area contributed by atoms with Gasteiger partial charge in [-0.25, -0.2) is 0 Å². The maximum atomic E-state index is 12.3. The average molecular weight is 275 g/mol. The van der Waals surface area contributed by atoms with Crippen LogP contribution in [0, 0.1) is 5.41 Å². The molecule has 1 aromatic rings. The lowest BCUT2D eigenvalue weighted by atomic mass is 9.83. The van der Waals surface area contributed by atoms with E-state index in [1.807, 2.05) is 0 Å². The van der Waals surface area contributed by atoms with Gasteiger partial charge in [0, 0.05) is 19.2 Å². The second-order valence-electron chi connectivity index (χ2n) is 6.18. The summed E-state index contributed by atoms with van der Waals surface area (Å²) < 4.78 is 0. The van der Waals surface area contributed by atoms with Crippen LogP contribution in [-0.4, -0.2) is 34.1 Å². The fourth-order valence-corrected chi connectivity index (χ4v) is 2.41. The van der Waals surface area contributed by atoms with Gasteiger partial charge in [0.05, 0.1) is 5.56 Å². The third-order valence-corrected chi connectivity index (χ3v) is 3.67. The molecule has 0 spiro atoms. The minimum atomic E-state index is -0.202. The Hall–Kier alpha value is -1.97. The van der Waals surface area contributed by atoms with Crippen LogP contribution >= 0.6 is 0 Å². The smallest absolute Gasteiger partial charge is 0.257 e. The summed E-state index contributed by atoms with van der Waals surface area (Å²) in [5.41, 5.74) is 1.72. The molecule has 1 amide bonds. The first-order valence-electron chi connectivity index (χ1n) is 6.80. The molecule has 0 atom stereocenters. The van der Waals surface area contributed by atoms with E-state index in [4.69, 9.17) is 0 Å². The Kier molecular flexibility index (Phi) is 3.75. The second-order valence-corrected chi connectivity index (χ2v) is 6.18. The zero-order valence-corrected chi connectivity index (χ0v) is 12.2. The SMILES string of the molecule is CC(C)(C)C1=CCN(C(=O)c2ccc(O)cc2O)CC1. The summed E-state index contributed by atoms with van der Waals surface area (Å²) in [6, 6.07) is 4.05. The lowest BCUT2D eigenvalue weighted by Crippen LogP contribution is -2.36. The molecular weight excluding hydrogens is 254 g/mol. The molecule has 0 saturated carbocycles. The summed E-state index contributed by atoms with van der Waals surface area (Å²) in [5.74, 6) is -0.431. The fourth-order valence-electron chi connectivity index (χ4n) is 2.41. The molecule has 20 heavy (non-hydrogen) atoms. The van der Waals surface area contributed by atoms with Gasteiger partial charge in [0.25, 0.3) is 5.91 Å².